The van der Waals surface area contributed by atoms with E-state index in [-0.39, 0.29) is 17.1 Å². The lowest BCUT2D eigenvalue weighted by molar-refractivity contribution is -0.313. The zero-order valence-electron chi connectivity index (χ0n) is 25.2. The second-order valence-electron chi connectivity index (χ2n) is 15.0. The third-order valence-corrected chi connectivity index (χ3v) is 13.0. The zero-order valence-corrected chi connectivity index (χ0v) is 25.2. The van der Waals surface area contributed by atoms with Crippen LogP contribution in [-0.2, 0) is 14.2 Å². The molecule has 15 atom stereocenters. The predicted octanol–water partition coefficient (Wildman–Crippen LogP) is 2.83. The Morgan fingerprint density at radius 3 is 2.66 bits per heavy atom. The van der Waals surface area contributed by atoms with E-state index in [1.54, 1.807) is 11.1 Å². The maximum atomic E-state index is 10.5. The number of piperidine rings is 1. The Morgan fingerprint density at radius 2 is 1.88 bits per heavy atom. The highest BCUT2D eigenvalue weighted by atomic mass is 16.7. The minimum atomic E-state index is -1.41. The number of hydrogen-bond acceptors (Lipinski definition) is 8. The Bertz CT molecular complexity index is 1090. The summed E-state index contributed by atoms with van der Waals surface area (Å²) in [7, 11) is 0. The van der Waals surface area contributed by atoms with Crippen LogP contribution in [0.25, 0.3) is 0 Å². The predicted molar refractivity (Wildman–Crippen MR) is 153 cm³/mol. The molecule has 8 heteroatoms. The van der Waals surface area contributed by atoms with Gasteiger partial charge >= 0.3 is 0 Å². The fraction of sp³-hybridized carbons (Fsp3) is 0.879. The van der Waals surface area contributed by atoms with Crippen molar-refractivity contribution in [2.24, 2.45) is 35.0 Å². The number of nitrogens with one attached hydrogen (secondary N) is 1. The normalized spacial score (nSPS) is 54.8. The number of hydrogen-bond donors (Lipinski definition) is 5. The zero-order chi connectivity index (χ0) is 28.8. The van der Waals surface area contributed by atoms with Gasteiger partial charge < -0.3 is 40.0 Å². The van der Waals surface area contributed by atoms with Gasteiger partial charge in [-0.05, 0) is 99.5 Å². The van der Waals surface area contributed by atoms with E-state index in [1.165, 1.54) is 24.8 Å². The summed E-state index contributed by atoms with van der Waals surface area (Å²) in [6, 6.07) is 0.465. The molecule has 3 saturated heterocycles. The van der Waals surface area contributed by atoms with E-state index in [0.29, 0.717) is 41.7 Å². The van der Waals surface area contributed by atoms with Crippen molar-refractivity contribution in [3.63, 3.8) is 0 Å². The number of fused-ring (bicyclic) bond motifs is 6. The summed E-state index contributed by atoms with van der Waals surface area (Å²) >= 11 is 0. The van der Waals surface area contributed by atoms with Crippen molar-refractivity contribution in [1.82, 2.24) is 5.32 Å². The van der Waals surface area contributed by atoms with E-state index in [1.807, 2.05) is 0 Å². The van der Waals surface area contributed by atoms with Crippen LogP contribution in [0.15, 0.2) is 22.8 Å². The molecule has 1 spiro atoms. The largest absolute Gasteiger partial charge is 0.394 e. The van der Waals surface area contributed by atoms with Gasteiger partial charge in [0.2, 0.25) is 0 Å². The first-order chi connectivity index (χ1) is 19.6. The van der Waals surface area contributed by atoms with Gasteiger partial charge in [0.25, 0.3) is 0 Å². The van der Waals surface area contributed by atoms with E-state index in [2.05, 4.69) is 39.1 Å². The average molecular weight is 574 g/mol. The van der Waals surface area contributed by atoms with Crippen LogP contribution in [0, 0.1) is 35.0 Å². The standard InChI is InChI=1S/C33H51NO7/c1-16-11-25-27(34-14-16)18(3)33(41-25)10-8-21-22-6-5-19-12-20(7-9-32(19,4)24(22)13-23(21)17(33)2)39-31-30(38)29(37)28(36)26(15-35)40-31/h5,16,18,20-22,24-31,34-38H,6-15H2,1-4H3/t16-,18+,20-,21-,22-,24-,25+,26+,27-,28+,29-,30+,31+,32-,33-/m0/s1. The molecule has 4 aliphatic carbocycles. The summed E-state index contributed by atoms with van der Waals surface area (Å²) in [5.74, 6) is 3.13. The number of rotatable bonds is 3. The fourth-order valence-electron chi connectivity index (χ4n) is 10.6. The van der Waals surface area contributed by atoms with Crippen molar-refractivity contribution in [3.8, 4) is 0 Å². The topological polar surface area (TPSA) is 121 Å². The molecule has 0 bridgehead atoms. The molecule has 0 amide bonds. The van der Waals surface area contributed by atoms with Crippen molar-refractivity contribution in [2.75, 3.05) is 13.2 Å². The maximum Gasteiger partial charge on any atom is 0.186 e. The molecule has 230 valence electrons. The van der Waals surface area contributed by atoms with E-state index in [0.717, 1.165) is 38.6 Å². The minimum absolute atomic E-state index is 0.111. The molecule has 3 aliphatic heterocycles. The first-order valence-corrected chi connectivity index (χ1v) is 16.3. The molecule has 0 radical (unpaired) electrons. The van der Waals surface area contributed by atoms with Crippen LogP contribution in [0.4, 0.5) is 0 Å². The molecule has 2 saturated carbocycles. The van der Waals surface area contributed by atoms with Gasteiger partial charge in [0, 0.05) is 12.0 Å². The van der Waals surface area contributed by atoms with Crippen LogP contribution in [0.5, 0.6) is 0 Å². The highest BCUT2D eigenvalue weighted by molar-refractivity contribution is 5.38. The molecular formula is C33H51NO7. The Morgan fingerprint density at radius 1 is 1.07 bits per heavy atom. The third-order valence-electron chi connectivity index (χ3n) is 13.0. The van der Waals surface area contributed by atoms with Gasteiger partial charge in [0.05, 0.1) is 24.4 Å². The van der Waals surface area contributed by atoms with E-state index >= 15 is 0 Å². The molecule has 5 fully saturated rings. The summed E-state index contributed by atoms with van der Waals surface area (Å²) in [5.41, 5.74) is 4.72. The molecule has 7 aliphatic rings. The van der Waals surface area contributed by atoms with Gasteiger partial charge in [0.15, 0.2) is 6.29 Å². The smallest absolute Gasteiger partial charge is 0.186 e. The second-order valence-corrected chi connectivity index (χ2v) is 15.0. The monoisotopic (exact) mass is 573 g/mol. The highest BCUT2D eigenvalue weighted by Crippen LogP contribution is 2.65. The lowest BCUT2D eigenvalue weighted by Crippen LogP contribution is -2.59. The minimum Gasteiger partial charge on any atom is -0.394 e. The Labute approximate surface area is 244 Å². The van der Waals surface area contributed by atoms with Crippen molar-refractivity contribution < 1.29 is 34.6 Å². The number of aliphatic hydroxyl groups is 4. The van der Waals surface area contributed by atoms with Crippen molar-refractivity contribution in [3.05, 3.63) is 22.8 Å². The fourth-order valence-corrected chi connectivity index (χ4v) is 10.6. The molecule has 41 heavy (non-hydrogen) atoms. The van der Waals surface area contributed by atoms with Gasteiger partial charge in [-0.15, -0.1) is 0 Å². The number of aliphatic hydroxyl groups excluding tert-OH is 4. The maximum absolute atomic E-state index is 10.5. The van der Waals surface area contributed by atoms with Crippen LogP contribution in [0.3, 0.4) is 0 Å². The first kappa shape index (κ1) is 28.9. The molecule has 0 unspecified atom stereocenters. The summed E-state index contributed by atoms with van der Waals surface area (Å²) in [6.07, 6.45) is 5.01. The summed E-state index contributed by atoms with van der Waals surface area (Å²) in [6.45, 7) is 10.3. The average Bonchev–Trinajstić information content (AvgIpc) is 3.48. The van der Waals surface area contributed by atoms with Crippen molar-refractivity contribution in [2.45, 2.75) is 134 Å². The first-order valence-electron chi connectivity index (χ1n) is 16.3. The molecule has 0 aromatic rings. The Hall–Kier alpha value is -0.840. The summed E-state index contributed by atoms with van der Waals surface area (Å²) in [5, 5.41) is 44.3. The van der Waals surface area contributed by atoms with Gasteiger partial charge in [-0.1, -0.05) is 38.0 Å². The Balaban J connectivity index is 1.08. The van der Waals surface area contributed by atoms with Crippen LogP contribution in [0.2, 0.25) is 0 Å². The lowest BCUT2D eigenvalue weighted by Gasteiger charge is -2.50. The third kappa shape index (κ3) is 4.30. The lowest BCUT2D eigenvalue weighted by atomic mass is 9.56. The van der Waals surface area contributed by atoms with E-state index < -0.39 is 37.3 Å². The molecule has 7 rings (SSSR count). The van der Waals surface area contributed by atoms with Gasteiger partial charge in [-0.2, -0.15) is 0 Å². The SMILES string of the molecule is CC1=C2C[C@H]3[C@@H](CC=C4C[C@@H](O[C@@H]5O[C@H](CO)[C@@H](O)[C@H](O)[C@H]5O)CC[C@@]43C)[C@@H]2CC[C@]12O[C@@H]1C[C@H](C)CN[C@H]1[C@H]2C. The molecule has 0 aromatic carbocycles. The van der Waals surface area contributed by atoms with Crippen LogP contribution in [0.1, 0.15) is 79.1 Å². The van der Waals surface area contributed by atoms with E-state index in [4.69, 9.17) is 14.2 Å². The van der Waals surface area contributed by atoms with E-state index in [9.17, 15) is 20.4 Å². The molecule has 3 heterocycles. The molecular weight excluding hydrogens is 522 g/mol. The van der Waals surface area contributed by atoms with Crippen LogP contribution in [-0.4, -0.2) is 88.1 Å². The molecule has 8 nitrogen and oxygen atoms in total. The van der Waals surface area contributed by atoms with Crippen molar-refractivity contribution in [1.29, 1.82) is 0 Å². The summed E-state index contributed by atoms with van der Waals surface area (Å²) in [4.78, 5) is 0. The highest BCUT2D eigenvalue weighted by Gasteiger charge is 2.60. The van der Waals surface area contributed by atoms with Crippen LogP contribution >= 0.6 is 0 Å². The Kier molecular flexibility index (Phi) is 7.31. The van der Waals surface area contributed by atoms with Gasteiger partial charge in [0.1, 0.15) is 24.4 Å². The van der Waals surface area contributed by atoms with Gasteiger partial charge in [-0.3, -0.25) is 0 Å². The van der Waals surface area contributed by atoms with Crippen molar-refractivity contribution >= 4 is 0 Å². The quantitative estimate of drug-likeness (QED) is 0.327. The molecule has 5 N–H and O–H groups in total. The summed E-state index contributed by atoms with van der Waals surface area (Å²) < 4.78 is 19.0. The van der Waals surface area contributed by atoms with Crippen LogP contribution < -0.4 is 5.32 Å². The molecule has 0 aromatic heterocycles. The van der Waals surface area contributed by atoms with Gasteiger partial charge in [-0.25, -0.2) is 0 Å². The number of allylic oxidation sites excluding steroid dienone is 2. The number of ether oxygens (including phenoxy) is 3. The second kappa shape index (κ2) is 10.4.